The molecule has 314 valence electrons. The van der Waals surface area contributed by atoms with Gasteiger partial charge in [-0.1, -0.05) is 69.7 Å². The van der Waals surface area contributed by atoms with Gasteiger partial charge in [0, 0.05) is 17.9 Å². The van der Waals surface area contributed by atoms with Gasteiger partial charge in [-0.2, -0.15) is 0 Å². The van der Waals surface area contributed by atoms with Gasteiger partial charge in [0.1, 0.15) is 24.1 Å². The number of allylic oxidation sites excluding steroid dienone is 1. The van der Waals surface area contributed by atoms with Crippen molar-refractivity contribution in [2.24, 2.45) is 46.3 Å². The lowest BCUT2D eigenvalue weighted by Gasteiger charge is -2.58. The Morgan fingerprint density at radius 3 is 2.47 bits per heavy atom. The van der Waals surface area contributed by atoms with Gasteiger partial charge in [-0.05, 0) is 116 Å². The Bertz CT molecular complexity index is 1840. The van der Waals surface area contributed by atoms with Gasteiger partial charge in [0.2, 0.25) is 0 Å². The standard InChI is InChI=1S/C48H62O10/c1-27-17-22-48(53-25-27)28(2)39-37(58-48)24-36-34-16-13-31-23-33(18-20-46(31,3)35(34)19-21-47(36,39)4)54-45-40(49)42(56-43(50)29-9-7-6-8-10-29)41-38(55-45)26-52-44(57-41)30-11-14-32(51-5)15-12-30/h6-15,27-28,33-42,44-45,49H,16-26H2,1-5H3/t27-,28+,33+,34-,35+,36+,37+,38?,39+,40?,41-,42?,44?,45-,46+,47+,48-/m1/s1. The first kappa shape index (κ1) is 39.3. The molecular formula is C48H62O10. The maximum absolute atomic E-state index is 13.5. The Kier molecular flexibility index (Phi) is 10.1. The fourth-order valence-corrected chi connectivity index (χ4v) is 13.5. The van der Waals surface area contributed by atoms with E-state index in [1.807, 2.05) is 30.3 Å². The molecule has 2 aromatic rings. The first-order valence-corrected chi connectivity index (χ1v) is 22.2. The summed E-state index contributed by atoms with van der Waals surface area (Å²) in [6, 6.07) is 16.3. The van der Waals surface area contributed by atoms with Gasteiger partial charge in [-0.15, -0.1) is 0 Å². The normalized spacial score (nSPS) is 46.8. The minimum atomic E-state index is -1.27. The van der Waals surface area contributed by atoms with Crippen LogP contribution in [0.1, 0.15) is 108 Å². The van der Waals surface area contributed by atoms with E-state index in [0.29, 0.717) is 47.2 Å². The minimum Gasteiger partial charge on any atom is -0.497 e. The van der Waals surface area contributed by atoms with Gasteiger partial charge in [0.15, 0.2) is 24.5 Å². The highest BCUT2D eigenvalue weighted by Crippen LogP contribution is 2.70. The highest BCUT2D eigenvalue weighted by Gasteiger charge is 2.69. The topological polar surface area (TPSA) is 111 Å². The largest absolute Gasteiger partial charge is 0.497 e. The molecule has 8 aliphatic rings. The number of methoxy groups -OCH3 is 1. The van der Waals surface area contributed by atoms with Crippen LogP contribution in [-0.2, 0) is 33.2 Å². The molecule has 0 bridgehead atoms. The van der Waals surface area contributed by atoms with Crippen molar-refractivity contribution >= 4 is 5.97 Å². The SMILES string of the molecule is COc1ccc(C2OCC3O[C@@H](O[C@H]4CC[C@@]5(C)C(=CC[C@H]6[C@@H]7C[C@@H]8O[C@]9(CC[C@@H](C)CO9)[C@@H](C)[C@@H]8[C@@]7(C)CC[C@@H]65)C4)C(O)C(OC(=O)c4ccccc4)[C@@H]3O2)cc1. The van der Waals surface area contributed by atoms with E-state index >= 15 is 0 Å². The second kappa shape index (κ2) is 15.0. The summed E-state index contributed by atoms with van der Waals surface area (Å²) in [5.41, 5.74) is 3.06. The lowest BCUT2D eigenvalue weighted by Crippen LogP contribution is -2.63. The van der Waals surface area contributed by atoms with Crippen molar-refractivity contribution in [2.45, 2.75) is 140 Å². The van der Waals surface area contributed by atoms with E-state index < -0.39 is 43.0 Å². The number of fused-ring (bicyclic) bond motifs is 8. The Morgan fingerprint density at radius 1 is 0.897 bits per heavy atom. The summed E-state index contributed by atoms with van der Waals surface area (Å²) < 4.78 is 50.8. The van der Waals surface area contributed by atoms with E-state index in [4.69, 9.17) is 37.9 Å². The number of benzene rings is 2. The summed E-state index contributed by atoms with van der Waals surface area (Å²) in [5.74, 6) is 3.33. The second-order valence-electron chi connectivity index (χ2n) is 19.6. The Balaban J connectivity index is 0.834. The predicted octanol–water partition coefficient (Wildman–Crippen LogP) is 8.17. The molecule has 7 fully saturated rings. The van der Waals surface area contributed by atoms with Gasteiger partial charge in [-0.3, -0.25) is 0 Å². The predicted molar refractivity (Wildman–Crippen MR) is 213 cm³/mol. The average Bonchev–Trinajstić information content (AvgIpc) is 3.69. The molecule has 10 heteroatoms. The first-order valence-electron chi connectivity index (χ1n) is 22.2. The second-order valence-corrected chi connectivity index (χ2v) is 19.6. The summed E-state index contributed by atoms with van der Waals surface area (Å²) in [7, 11) is 1.62. The number of ether oxygens (including phenoxy) is 8. The summed E-state index contributed by atoms with van der Waals surface area (Å²) >= 11 is 0. The number of carbonyl (C=O) groups excluding carboxylic acids is 1. The van der Waals surface area contributed by atoms with Crippen LogP contribution >= 0.6 is 0 Å². The molecule has 0 radical (unpaired) electrons. The van der Waals surface area contributed by atoms with Crippen molar-refractivity contribution in [1.82, 2.24) is 0 Å². The average molecular weight is 799 g/mol. The molecule has 4 saturated heterocycles. The number of aliphatic hydroxyl groups is 1. The zero-order chi connectivity index (χ0) is 40.0. The van der Waals surface area contributed by atoms with E-state index in [0.717, 1.165) is 56.4 Å². The molecule has 10 rings (SSSR count). The molecule has 0 aromatic heterocycles. The maximum atomic E-state index is 13.5. The lowest BCUT2D eigenvalue weighted by molar-refractivity contribution is -0.366. The molecule has 4 aliphatic carbocycles. The Hall–Kier alpha value is -2.83. The fourth-order valence-electron chi connectivity index (χ4n) is 13.5. The molecule has 3 saturated carbocycles. The van der Waals surface area contributed by atoms with Crippen molar-refractivity contribution in [1.29, 1.82) is 0 Å². The van der Waals surface area contributed by atoms with Crippen LogP contribution in [0.4, 0.5) is 0 Å². The molecule has 58 heavy (non-hydrogen) atoms. The zero-order valence-corrected chi connectivity index (χ0v) is 34.8. The molecule has 0 amide bonds. The molecule has 10 nitrogen and oxygen atoms in total. The molecule has 4 heterocycles. The van der Waals surface area contributed by atoms with Crippen molar-refractivity contribution in [2.75, 3.05) is 20.3 Å². The number of aliphatic hydroxyl groups excluding tert-OH is 1. The smallest absolute Gasteiger partial charge is 0.338 e. The third kappa shape index (κ3) is 6.42. The van der Waals surface area contributed by atoms with Gasteiger partial charge in [-0.25, -0.2) is 4.79 Å². The van der Waals surface area contributed by atoms with Crippen molar-refractivity contribution in [3.8, 4) is 5.75 Å². The van der Waals surface area contributed by atoms with Crippen LogP contribution in [0.3, 0.4) is 0 Å². The third-order valence-corrected chi connectivity index (χ3v) is 16.6. The van der Waals surface area contributed by atoms with E-state index in [9.17, 15) is 9.90 Å². The fraction of sp³-hybridized carbons (Fsp3) is 0.688. The van der Waals surface area contributed by atoms with Crippen molar-refractivity contribution in [3.63, 3.8) is 0 Å². The molecule has 4 unspecified atom stereocenters. The summed E-state index contributed by atoms with van der Waals surface area (Å²) in [6.45, 7) is 10.8. The first-order chi connectivity index (χ1) is 28.0. The van der Waals surface area contributed by atoms with E-state index in [1.165, 1.54) is 24.8 Å². The maximum Gasteiger partial charge on any atom is 0.338 e. The van der Waals surface area contributed by atoms with Crippen LogP contribution in [0, 0.1) is 46.3 Å². The molecule has 1 spiro atoms. The van der Waals surface area contributed by atoms with Crippen LogP contribution in [-0.4, -0.2) is 80.1 Å². The van der Waals surface area contributed by atoms with Crippen LogP contribution in [0.2, 0.25) is 0 Å². The molecule has 2 aromatic carbocycles. The molecular weight excluding hydrogens is 737 g/mol. The minimum absolute atomic E-state index is 0.116. The number of rotatable bonds is 6. The monoisotopic (exact) mass is 798 g/mol. The Morgan fingerprint density at radius 2 is 1.71 bits per heavy atom. The van der Waals surface area contributed by atoms with Crippen molar-refractivity contribution < 1.29 is 47.8 Å². The number of hydrogen-bond donors (Lipinski definition) is 1. The van der Waals surface area contributed by atoms with Crippen LogP contribution in [0.5, 0.6) is 5.75 Å². The van der Waals surface area contributed by atoms with E-state index in [1.54, 1.807) is 31.4 Å². The van der Waals surface area contributed by atoms with Gasteiger partial charge >= 0.3 is 5.97 Å². The highest BCUT2D eigenvalue weighted by atomic mass is 16.8. The van der Waals surface area contributed by atoms with Gasteiger partial charge in [0.25, 0.3) is 0 Å². The van der Waals surface area contributed by atoms with Crippen LogP contribution < -0.4 is 4.74 Å². The van der Waals surface area contributed by atoms with E-state index in [-0.39, 0.29) is 29.3 Å². The highest BCUT2D eigenvalue weighted by molar-refractivity contribution is 5.89. The van der Waals surface area contributed by atoms with Gasteiger partial charge in [0.05, 0.1) is 38.1 Å². The molecule has 4 aliphatic heterocycles. The van der Waals surface area contributed by atoms with E-state index in [2.05, 4.69) is 33.8 Å². The quantitative estimate of drug-likeness (QED) is 0.227. The number of carbonyl (C=O) groups is 1. The summed E-state index contributed by atoms with van der Waals surface area (Å²) in [6.07, 6.45) is 6.91. The Labute approximate surface area is 343 Å². The lowest BCUT2D eigenvalue weighted by atomic mass is 9.47. The zero-order valence-electron chi connectivity index (χ0n) is 34.8. The third-order valence-electron chi connectivity index (χ3n) is 16.6. The van der Waals surface area contributed by atoms with Crippen molar-refractivity contribution in [3.05, 3.63) is 77.4 Å². The summed E-state index contributed by atoms with van der Waals surface area (Å²) in [5, 5.41) is 12.0. The van der Waals surface area contributed by atoms with Crippen LogP contribution in [0.25, 0.3) is 0 Å². The number of hydrogen-bond acceptors (Lipinski definition) is 10. The molecule has 1 N–H and O–H groups in total. The number of esters is 1. The van der Waals surface area contributed by atoms with Gasteiger partial charge < -0.3 is 43.0 Å². The summed E-state index contributed by atoms with van der Waals surface area (Å²) in [4.78, 5) is 13.5. The molecule has 17 atom stereocenters. The van der Waals surface area contributed by atoms with Crippen LogP contribution in [0.15, 0.2) is 66.2 Å².